The minimum absolute atomic E-state index is 0.0763. The van der Waals surface area contributed by atoms with E-state index in [4.69, 9.17) is 0 Å². The zero-order valence-corrected chi connectivity index (χ0v) is 13.8. The second kappa shape index (κ2) is 6.55. The second-order valence-electron chi connectivity index (χ2n) is 6.41. The van der Waals surface area contributed by atoms with Gasteiger partial charge < -0.3 is 15.0 Å². The van der Waals surface area contributed by atoms with Gasteiger partial charge in [-0.2, -0.15) is 0 Å². The van der Waals surface area contributed by atoms with Crippen molar-refractivity contribution in [2.24, 2.45) is 10.4 Å². The van der Waals surface area contributed by atoms with E-state index in [9.17, 15) is 4.79 Å². The average molecular weight is 320 g/mol. The van der Waals surface area contributed by atoms with E-state index < -0.39 is 0 Å². The molecule has 1 saturated heterocycles. The molecule has 2 heterocycles. The molecular formula is C15H24N6O2. The molecule has 0 amide bonds. The van der Waals surface area contributed by atoms with Crippen molar-refractivity contribution in [2.75, 3.05) is 27.2 Å². The summed E-state index contributed by atoms with van der Waals surface area (Å²) in [5.74, 6) is 0.573. The van der Waals surface area contributed by atoms with Gasteiger partial charge in [0.1, 0.15) is 12.2 Å². The van der Waals surface area contributed by atoms with E-state index in [0.717, 1.165) is 24.7 Å². The Morgan fingerprint density at radius 2 is 2.30 bits per heavy atom. The van der Waals surface area contributed by atoms with Crippen LogP contribution in [0.15, 0.2) is 11.2 Å². The number of carbonyl (C=O) groups excluding carboxylic acids is 1. The maximum absolute atomic E-state index is 11.2. The topological polar surface area (TPSA) is 84.6 Å². The van der Waals surface area contributed by atoms with Crippen LogP contribution in [0.2, 0.25) is 0 Å². The molecule has 3 rings (SSSR count). The molecule has 1 saturated carbocycles. The van der Waals surface area contributed by atoms with Crippen molar-refractivity contribution in [3.8, 4) is 0 Å². The summed E-state index contributed by atoms with van der Waals surface area (Å²) in [7, 11) is 3.17. The molecule has 0 unspecified atom stereocenters. The predicted molar refractivity (Wildman–Crippen MR) is 84.7 cm³/mol. The lowest BCUT2D eigenvalue weighted by Gasteiger charge is -2.38. The smallest absolute Gasteiger partial charge is 0.327 e. The van der Waals surface area contributed by atoms with Gasteiger partial charge in [0.25, 0.3) is 0 Å². The summed E-state index contributed by atoms with van der Waals surface area (Å²) in [6, 6.07) is 0. The number of aliphatic imine (C=N–C) groups is 1. The first kappa shape index (κ1) is 15.8. The van der Waals surface area contributed by atoms with E-state index >= 15 is 0 Å². The highest BCUT2D eigenvalue weighted by atomic mass is 16.5. The van der Waals surface area contributed by atoms with Gasteiger partial charge >= 0.3 is 5.97 Å². The van der Waals surface area contributed by atoms with Crippen molar-refractivity contribution < 1.29 is 9.53 Å². The van der Waals surface area contributed by atoms with Gasteiger partial charge in [-0.1, -0.05) is 11.6 Å². The highest BCUT2D eigenvalue weighted by Crippen LogP contribution is 2.47. The van der Waals surface area contributed by atoms with Gasteiger partial charge in [0.2, 0.25) is 0 Å². The number of hydrogen-bond donors (Lipinski definition) is 1. The first-order valence-electron chi connectivity index (χ1n) is 8.05. The summed E-state index contributed by atoms with van der Waals surface area (Å²) in [5.41, 5.74) is 1.31. The maximum Gasteiger partial charge on any atom is 0.327 e. The van der Waals surface area contributed by atoms with Crippen LogP contribution in [0.1, 0.15) is 31.4 Å². The fourth-order valence-corrected chi connectivity index (χ4v) is 3.40. The Hall–Kier alpha value is -2.12. The summed E-state index contributed by atoms with van der Waals surface area (Å²) < 4.78 is 6.09. The van der Waals surface area contributed by atoms with Crippen LogP contribution >= 0.6 is 0 Å². The molecule has 2 aliphatic rings. The van der Waals surface area contributed by atoms with Gasteiger partial charge in [-0.05, 0) is 24.7 Å². The fraction of sp³-hybridized carbons (Fsp3) is 0.733. The second-order valence-corrected chi connectivity index (χ2v) is 6.41. The monoisotopic (exact) mass is 320 g/mol. The molecule has 0 radical (unpaired) electrons. The third-order valence-corrected chi connectivity index (χ3v) is 4.90. The number of nitrogens with one attached hydrogen (secondary N) is 1. The Labute approximate surface area is 135 Å². The number of likely N-dealkylation sites (tertiary alicyclic amines) is 1. The lowest BCUT2D eigenvalue weighted by atomic mass is 9.68. The first-order chi connectivity index (χ1) is 11.1. The van der Waals surface area contributed by atoms with Gasteiger partial charge in [-0.25, -0.2) is 4.68 Å². The molecule has 8 nitrogen and oxygen atoms in total. The number of aromatic nitrogens is 3. The van der Waals surface area contributed by atoms with Gasteiger partial charge in [0.05, 0.1) is 19.9 Å². The summed E-state index contributed by atoms with van der Waals surface area (Å²) in [6.07, 6.45) is 7.07. The zero-order chi connectivity index (χ0) is 16.3. The maximum atomic E-state index is 11.2. The Kier molecular flexibility index (Phi) is 4.49. The number of guanidine groups is 1. The largest absolute Gasteiger partial charge is 0.468 e. The Morgan fingerprint density at radius 3 is 2.91 bits per heavy atom. The molecule has 0 atom stereocenters. The number of methoxy groups -OCH3 is 1. The molecule has 1 spiro atoms. The standard InChI is InChI=1S/C15H24N6O2/c1-16-14(20-7-6-15(11-20)4-3-5-15)17-8-12-9-21(19-18-12)10-13(22)23-2/h9H,3-8,10-11H2,1-2H3,(H,16,17). The molecule has 8 heteroatoms. The molecule has 0 aromatic carbocycles. The van der Waals surface area contributed by atoms with Gasteiger partial charge in [0, 0.05) is 20.1 Å². The van der Waals surface area contributed by atoms with Crippen LogP contribution in [-0.2, 0) is 22.6 Å². The minimum atomic E-state index is -0.340. The number of esters is 1. The van der Waals surface area contributed by atoms with E-state index in [1.807, 2.05) is 7.05 Å². The number of carbonyl (C=O) groups is 1. The van der Waals surface area contributed by atoms with Gasteiger partial charge in [-0.3, -0.25) is 9.79 Å². The fourth-order valence-electron chi connectivity index (χ4n) is 3.40. The molecule has 1 aliphatic carbocycles. The van der Waals surface area contributed by atoms with Crippen LogP contribution in [0.5, 0.6) is 0 Å². The van der Waals surface area contributed by atoms with E-state index in [2.05, 4.69) is 30.3 Å². The predicted octanol–water partition coefficient (Wildman–Crippen LogP) is 0.402. The highest BCUT2D eigenvalue weighted by Gasteiger charge is 2.43. The Bertz CT molecular complexity index is 593. The van der Waals surface area contributed by atoms with E-state index in [1.165, 1.54) is 37.5 Å². The number of nitrogens with zero attached hydrogens (tertiary/aromatic N) is 5. The summed E-state index contributed by atoms with van der Waals surface area (Å²) in [6.45, 7) is 2.78. The van der Waals surface area contributed by atoms with Crippen LogP contribution in [0.25, 0.3) is 0 Å². The third kappa shape index (κ3) is 3.46. The molecule has 1 aromatic heterocycles. The van der Waals surface area contributed by atoms with Gasteiger partial charge in [0.15, 0.2) is 5.96 Å². The van der Waals surface area contributed by atoms with E-state index in [0.29, 0.717) is 12.0 Å². The molecule has 1 aliphatic heterocycles. The Balaban J connectivity index is 1.51. The number of rotatable bonds is 4. The molecule has 126 valence electrons. The van der Waals surface area contributed by atoms with Crippen molar-refractivity contribution in [2.45, 2.75) is 38.8 Å². The molecule has 1 N–H and O–H groups in total. The first-order valence-corrected chi connectivity index (χ1v) is 8.05. The van der Waals surface area contributed by atoms with Crippen molar-refractivity contribution in [3.63, 3.8) is 0 Å². The number of ether oxygens (including phenoxy) is 1. The number of hydrogen-bond acceptors (Lipinski definition) is 5. The highest BCUT2D eigenvalue weighted by molar-refractivity contribution is 5.80. The zero-order valence-electron chi connectivity index (χ0n) is 13.8. The Morgan fingerprint density at radius 1 is 1.48 bits per heavy atom. The molecule has 0 bridgehead atoms. The van der Waals surface area contributed by atoms with E-state index in [-0.39, 0.29) is 12.5 Å². The average Bonchev–Trinajstić information content (AvgIpc) is 3.15. The van der Waals surface area contributed by atoms with Crippen molar-refractivity contribution in [1.82, 2.24) is 25.2 Å². The minimum Gasteiger partial charge on any atom is -0.468 e. The van der Waals surface area contributed by atoms with E-state index in [1.54, 1.807) is 6.20 Å². The quantitative estimate of drug-likeness (QED) is 0.491. The third-order valence-electron chi connectivity index (χ3n) is 4.90. The van der Waals surface area contributed by atoms with Crippen molar-refractivity contribution in [3.05, 3.63) is 11.9 Å². The van der Waals surface area contributed by atoms with Crippen molar-refractivity contribution >= 4 is 11.9 Å². The summed E-state index contributed by atoms with van der Waals surface area (Å²) in [5, 5.41) is 11.3. The van der Waals surface area contributed by atoms with Crippen LogP contribution in [-0.4, -0.2) is 59.1 Å². The van der Waals surface area contributed by atoms with Crippen molar-refractivity contribution in [1.29, 1.82) is 0 Å². The van der Waals surface area contributed by atoms with Crippen LogP contribution in [0.4, 0.5) is 0 Å². The van der Waals surface area contributed by atoms with Crippen LogP contribution < -0.4 is 5.32 Å². The lowest BCUT2D eigenvalue weighted by Crippen LogP contribution is -2.42. The lowest BCUT2D eigenvalue weighted by molar-refractivity contribution is -0.141. The van der Waals surface area contributed by atoms with Crippen LogP contribution in [0, 0.1) is 5.41 Å². The summed E-state index contributed by atoms with van der Waals surface area (Å²) in [4.78, 5) is 17.9. The molecular weight excluding hydrogens is 296 g/mol. The van der Waals surface area contributed by atoms with Gasteiger partial charge in [-0.15, -0.1) is 5.10 Å². The van der Waals surface area contributed by atoms with Crippen LogP contribution in [0.3, 0.4) is 0 Å². The SMILES string of the molecule is CN=C(NCc1cn(CC(=O)OC)nn1)N1CCC2(CCC2)C1. The molecule has 2 fully saturated rings. The normalized spacial score (nSPS) is 19.7. The molecule has 1 aromatic rings. The molecule has 23 heavy (non-hydrogen) atoms. The summed E-state index contributed by atoms with van der Waals surface area (Å²) >= 11 is 0.